The number of hydrogen-bond acceptors (Lipinski definition) is 3. The first kappa shape index (κ1) is 10.1. The van der Waals surface area contributed by atoms with Crippen LogP contribution in [0.15, 0.2) is 29.4 Å². The second-order valence-electron chi connectivity index (χ2n) is 3.23. The van der Waals surface area contributed by atoms with E-state index in [1.807, 2.05) is 11.5 Å². The second kappa shape index (κ2) is 3.32. The maximum atomic E-state index is 11.1. The van der Waals surface area contributed by atoms with Gasteiger partial charge in [-0.15, -0.1) is 0 Å². The van der Waals surface area contributed by atoms with Gasteiger partial charge in [-0.3, -0.25) is 0 Å². The number of benzene rings is 1. The van der Waals surface area contributed by atoms with Crippen LogP contribution in [0, 0.1) is 0 Å². The average molecular weight is 225 g/mol. The van der Waals surface area contributed by atoms with E-state index in [1.165, 1.54) is 12.1 Å². The molecule has 1 aromatic heterocycles. The van der Waals surface area contributed by atoms with Gasteiger partial charge in [0.25, 0.3) is 0 Å². The molecular formula is C9H11N3O2S. The SMILES string of the molecule is CCn1cnc2cc(S(N)(=O)=O)ccc21. The maximum Gasteiger partial charge on any atom is 0.238 e. The Morgan fingerprint density at radius 2 is 2.20 bits per heavy atom. The van der Waals surface area contributed by atoms with E-state index in [9.17, 15) is 8.42 Å². The average Bonchev–Trinajstić information content (AvgIpc) is 2.58. The van der Waals surface area contributed by atoms with Gasteiger partial charge >= 0.3 is 0 Å². The summed E-state index contributed by atoms with van der Waals surface area (Å²) in [4.78, 5) is 4.20. The lowest BCUT2D eigenvalue weighted by molar-refractivity contribution is 0.598. The van der Waals surface area contributed by atoms with Gasteiger partial charge < -0.3 is 4.57 Å². The fraction of sp³-hybridized carbons (Fsp3) is 0.222. The first-order valence-corrected chi connectivity index (χ1v) is 6.04. The van der Waals surface area contributed by atoms with Crippen LogP contribution in [-0.2, 0) is 16.6 Å². The number of nitrogens with zero attached hydrogens (tertiary/aromatic N) is 2. The van der Waals surface area contributed by atoms with Gasteiger partial charge in [0.05, 0.1) is 22.3 Å². The van der Waals surface area contributed by atoms with Crippen LogP contribution < -0.4 is 5.14 Å². The van der Waals surface area contributed by atoms with Gasteiger partial charge in [0.1, 0.15) is 0 Å². The van der Waals surface area contributed by atoms with Crippen molar-refractivity contribution in [2.45, 2.75) is 18.4 Å². The third kappa shape index (κ3) is 1.73. The van der Waals surface area contributed by atoms with Crippen LogP contribution in [0.25, 0.3) is 11.0 Å². The van der Waals surface area contributed by atoms with Gasteiger partial charge in [-0.1, -0.05) is 0 Å². The third-order valence-electron chi connectivity index (χ3n) is 2.26. The lowest BCUT2D eigenvalue weighted by Crippen LogP contribution is -2.11. The van der Waals surface area contributed by atoms with Crippen molar-refractivity contribution in [2.75, 3.05) is 0 Å². The van der Waals surface area contributed by atoms with Crippen LogP contribution in [0.1, 0.15) is 6.92 Å². The largest absolute Gasteiger partial charge is 0.331 e. The molecule has 2 aromatic rings. The number of primary sulfonamides is 1. The number of nitrogens with two attached hydrogens (primary N) is 1. The quantitative estimate of drug-likeness (QED) is 0.817. The Balaban J connectivity index is 2.69. The van der Waals surface area contributed by atoms with E-state index in [0.29, 0.717) is 5.52 Å². The first-order chi connectivity index (χ1) is 7.02. The lowest BCUT2D eigenvalue weighted by Gasteiger charge is -2.00. The van der Waals surface area contributed by atoms with Crippen LogP contribution in [0.2, 0.25) is 0 Å². The van der Waals surface area contributed by atoms with Gasteiger partial charge in [-0.25, -0.2) is 18.5 Å². The van der Waals surface area contributed by atoms with Crippen LogP contribution in [-0.4, -0.2) is 18.0 Å². The number of sulfonamides is 1. The zero-order valence-corrected chi connectivity index (χ0v) is 9.03. The van der Waals surface area contributed by atoms with Crippen LogP contribution in [0.4, 0.5) is 0 Å². The number of imidazole rings is 1. The van der Waals surface area contributed by atoms with E-state index in [4.69, 9.17) is 5.14 Å². The Bertz CT molecular complexity index is 601. The Labute approximate surface area is 87.6 Å². The molecule has 0 spiro atoms. The number of rotatable bonds is 2. The Hall–Kier alpha value is -1.40. The summed E-state index contributed by atoms with van der Waals surface area (Å²) < 4.78 is 24.1. The number of hydrogen-bond donors (Lipinski definition) is 1. The molecule has 2 rings (SSSR count). The van der Waals surface area contributed by atoms with Crippen LogP contribution in [0.3, 0.4) is 0 Å². The molecule has 1 aromatic carbocycles. The van der Waals surface area contributed by atoms with E-state index < -0.39 is 10.0 Å². The van der Waals surface area contributed by atoms with E-state index in [0.717, 1.165) is 12.1 Å². The molecule has 15 heavy (non-hydrogen) atoms. The Kier molecular flexibility index (Phi) is 2.24. The van der Waals surface area contributed by atoms with Crippen molar-refractivity contribution < 1.29 is 8.42 Å². The summed E-state index contributed by atoms with van der Waals surface area (Å²) in [6.45, 7) is 2.79. The smallest absolute Gasteiger partial charge is 0.238 e. The molecule has 6 heteroatoms. The minimum Gasteiger partial charge on any atom is -0.331 e. The van der Waals surface area contributed by atoms with E-state index >= 15 is 0 Å². The highest BCUT2D eigenvalue weighted by Crippen LogP contribution is 2.17. The normalized spacial score (nSPS) is 12.1. The predicted octanol–water partition coefficient (Wildman–Crippen LogP) is 0.704. The van der Waals surface area contributed by atoms with E-state index in [1.54, 1.807) is 12.4 Å². The number of aromatic nitrogens is 2. The Morgan fingerprint density at radius 3 is 2.80 bits per heavy atom. The second-order valence-corrected chi connectivity index (χ2v) is 4.79. The van der Waals surface area contributed by atoms with Crippen molar-refractivity contribution in [3.63, 3.8) is 0 Å². The lowest BCUT2D eigenvalue weighted by atomic mass is 10.3. The van der Waals surface area contributed by atoms with E-state index in [2.05, 4.69) is 4.98 Å². The van der Waals surface area contributed by atoms with Gasteiger partial charge in [0.2, 0.25) is 10.0 Å². The van der Waals surface area contributed by atoms with E-state index in [-0.39, 0.29) is 4.90 Å². The molecule has 1 heterocycles. The summed E-state index contributed by atoms with van der Waals surface area (Å²) in [5.74, 6) is 0. The molecule has 0 fully saturated rings. The first-order valence-electron chi connectivity index (χ1n) is 4.50. The molecule has 0 aliphatic carbocycles. The Morgan fingerprint density at radius 1 is 1.47 bits per heavy atom. The highest BCUT2D eigenvalue weighted by Gasteiger charge is 2.10. The molecule has 0 unspecified atom stereocenters. The molecular weight excluding hydrogens is 214 g/mol. The molecule has 0 aliphatic rings. The molecule has 0 bridgehead atoms. The van der Waals surface area contributed by atoms with Crippen molar-refractivity contribution in [3.8, 4) is 0 Å². The van der Waals surface area contributed by atoms with Gasteiger partial charge in [-0.2, -0.15) is 0 Å². The molecule has 0 saturated carbocycles. The monoisotopic (exact) mass is 225 g/mol. The number of aryl methyl sites for hydroxylation is 1. The van der Waals surface area contributed by atoms with Crippen molar-refractivity contribution in [1.82, 2.24) is 9.55 Å². The standard InChI is InChI=1S/C9H11N3O2S/c1-2-12-6-11-8-5-7(15(10,13)14)3-4-9(8)12/h3-6H,2H2,1H3,(H2,10,13,14). The summed E-state index contributed by atoms with van der Waals surface area (Å²) in [5.41, 5.74) is 1.55. The predicted molar refractivity (Wildman–Crippen MR) is 56.8 cm³/mol. The molecule has 0 atom stereocenters. The molecule has 80 valence electrons. The highest BCUT2D eigenvalue weighted by atomic mass is 32.2. The summed E-state index contributed by atoms with van der Waals surface area (Å²) in [7, 11) is -3.64. The summed E-state index contributed by atoms with van der Waals surface area (Å²) in [5, 5.41) is 5.02. The summed E-state index contributed by atoms with van der Waals surface area (Å²) in [6, 6.07) is 4.69. The molecule has 0 aliphatic heterocycles. The highest BCUT2D eigenvalue weighted by molar-refractivity contribution is 7.89. The molecule has 0 radical (unpaired) electrons. The molecule has 0 amide bonds. The molecule has 0 saturated heterocycles. The number of fused-ring (bicyclic) bond motifs is 1. The zero-order chi connectivity index (χ0) is 11.1. The maximum absolute atomic E-state index is 11.1. The summed E-state index contributed by atoms with van der Waals surface area (Å²) in [6.07, 6.45) is 1.68. The minimum atomic E-state index is -3.64. The molecule has 5 nitrogen and oxygen atoms in total. The fourth-order valence-electron chi connectivity index (χ4n) is 1.47. The van der Waals surface area contributed by atoms with Crippen molar-refractivity contribution in [1.29, 1.82) is 0 Å². The summed E-state index contributed by atoms with van der Waals surface area (Å²) >= 11 is 0. The third-order valence-corrected chi connectivity index (χ3v) is 3.17. The molecule has 2 N–H and O–H groups in total. The topological polar surface area (TPSA) is 78.0 Å². The van der Waals surface area contributed by atoms with Gasteiger partial charge in [0.15, 0.2) is 0 Å². The zero-order valence-electron chi connectivity index (χ0n) is 8.21. The van der Waals surface area contributed by atoms with Crippen molar-refractivity contribution in [3.05, 3.63) is 24.5 Å². The van der Waals surface area contributed by atoms with Crippen LogP contribution >= 0.6 is 0 Å². The van der Waals surface area contributed by atoms with Crippen LogP contribution in [0.5, 0.6) is 0 Å². The fourth-order valence-corrected chi connectivity index (χ4v) is 2.01. The van der Waals surface area contributed by atoms with Crippen molar-refractivity contribution >= 4 is 21.1 Å². The van der Waals surface area contributed by atoms with Crippen molar-refractivity contribution in [2.24, 2.45) is 5.14 Å². The minimum absolute atomic E-state index is 0.0938. The van der Waals surface area contributed by atoms with Gasteiger partial charge in [-0.05, 0) is 25.1 Å². The van der Waals surface area contributed by atoms with Gasteiger partial charge in [0, 0.05) is 6.54 Å².